The molecule has 102 valence electrons. The first-order valence-corrected chi connectivity index (χ1v) is 6.45. The van der Waals surface area contributed by atoms with Crippen molar-refractivity contribution in [2.45, 2.75) is 32.9 Å². The highest BCUT2D eigenvalue weighted by molar-refractivity contribution is 5.18. The Labute approximate surface area is 111 Å². The molecule has 5 nitrogen and oxygen atoms in total. The molecule has 2 rings (SSSR count). The highest BCUT2D eigenvalue weighted by Crippen LogP contribution is 2.19. The van der Waals surface area contributed by atoms with E-state index in [2.05, 4.69) is 20.4 Å². The number of halogens is 1. The van der Waals surface area contributed by atoms with Gasteiger partial charge in [-0.1, -0.05) is 6.92 Å². The lowest BCUT2D eigenvalue weighted by atomic mass is 10.0. The van der Waals surface area contributed by atoms with E-state index in [9.17, 15) is 4.39 Å². The summed E-state index contributed by atoms with van der Waals surface area (Å²) in [5.74, 6) is 0.556. The molecule has 0 fully saturated rings. The van der Waals surface area contributed by atoms with E-state index in [1.807, 2.05) is 18.5 Å². The molecule has 0 saturated heterocycles. The van der Waals surface area contributed by atoms with Crippen LogP contribution in [0, 0.1) is 5.82 Å². The average Bonchev–Trinajstić information content (AvgIpc) is 2.86. The lowest BCUT2D eigenvalue weighted by Gasteiger charge is -2.18. The van der Waals surface area contributed by atoms with Gasteiger partial charge in [-0.2, -0.15) is 5.10 Å². The van der Waals surface area contributed by atoms with Gasteiger partial charge in [-0.05, 0) is 19.5 Å². The van der Waals surface area contributed by atoms with Crippen LogP contribution in [0.25, 0.3) is 0 Å². The minimum absolute atomic E-state index is 0.123. The maximum absolute atomic E-state index is 13.8. The summed E-state index contributed by atoms with van der Waals surface area (Å²) in [6, 6.07) is 1.58. The Kier molecular flexibility index (Phi) is 4.57. The molecule has 0 aliphatic carbocycles. The molecule has 0 bridgehead atoms. The summed E-state index contributed by atoms with van der Waals surface area (Å²) in [6.07, 6.45) is 4.98. The highest BCUT2D eigenvalue weighted by atomic mass is 19.1. The predicted octanol–water partition coefficient (Wildman–Crippen LogP) is 1.73. The summed E-state index contributed by atoms with van der Waals surface area (Å²) in [7, 11) is 0. The summed E-state index contributed by atoms with van der Waals surface area (Å²) in [5, 5.41) is 7.42. The first kappa shape index (κ1) is 13.6. The van der Waals surface area contributed by atoms with E-state index in [0.29, 0.717) is 12.0 Å². The van der Waals surface area contributed by atoms with Gasteiger partial charge in [0.25, 0.3) is 0 Å². The molecule has 0 spiro atoms. The summed E-state index contributed by atoms with van der Waals surface area (Å²) in [5.41, 5.74) is 0.613. The number of likely N-dealkylation sites (N-methyl/N-ethyl adjacent to an activating group) is 1. The average molecular weight is 263 g/mol. The van der Waals surface area contributed by atoms with Crippen molar-refractivity contribution in [3.8, 4) is 0 Å². The number of pyridine rings is 1. The molecule has 0 aliphatic rings. The Bertz CT molecular complexity index is 525. The standard InChI is InChI=1S/C13H18FN5/c1-3-16-12(10-5-6-15-8-11(10)14)7-13-17-9-18-19(13)4-2/h5-6,8-9,12,16H,3-4,7H2,1-2H3. The Morgan fingerprint density at radius 2 is 2.26 bits per heavy atom. The minimum atomic E-state index is -0.295. The third-order valence-corrected chi connectivity index (χ3v) is 3.01. The lowest BCUT2D eigenvalue weighted by Crippen LogP contribution is -2.25. The number of aromatic nitrogens is 4. The van der Waals surface area contributed by atoms with E-state index in [4.69, 9.17) is 0 Å². The zero-order valence-corrected chi connectivity index (χ0v) is 11.2. The monoisotopic (exact) mass is 263 g/mol. The molecule has 0 saturated carbocycles. The lowest BCUT2D eigenvalue weighted by molar-refractivity contribution is 0.483. The summed E-state index contributed by atoms with van der Waals surface area (Å²) in [4.78, 5) is 8.02. The van der Waals surface area contributed by atoms with Gasteiger partial charge in [0.1, 0.15) is 18.0 Å². The third kappa shape index (κ3) is 3.14. The molecular formula is C13H18FN5. The van der Waals surface area contributed by atoms with Crippen molar-refractivity contribution in [2.24, 2.45) is 0 Å². The fraction of sp³-hybridized carbons (Fsp3) is 0.462. The minimum Gasteiger partial charge on any atom is -0.310 e. The van der Waals surface area contributed by atoms with Gasteiger partial charge in [0.05, 0.1) is 6.20 Å². The van der Waals surface area contributed by atoms with Crippen molar-refractivity contribution in [1.29, 1.82) is 0 Å². The predicted molar refractivity (Wildman–Crippen MR) is 70.0 cm³/mol. The van der Waals surface area contributed by atoms with Crippen molar-refractivity contribution in [3.05, 3.63) is 42.0 Å². The van der Waals surface area contributed by atoms with Gasteiger partial charge in [0, 0.05) is 30.8 Å². The molecular weight excluding hydrogens is 245 g/mol. The molecule has 0 aromatic carbocycles. The number of rotatable bonds is 6. The second-order valence-corrected chi connectivity index (χ2v) is 4.20. The molecule has 6 heteroatoms. The van der Waals surface area contributed by atoms with E-state index in [-0.39, 0.29) is 11.9 Å². The Balaban J connectivity index is 2.24. The first-order valence-electron chi connectivity index (χ1n) is 6.45. The maximum atomic E-state index is 13.8. The third-order valence-electron chi connectivity index (χ3n) is 3.01. The van der Waals surface area contributed by atoms with Crippen LogP contribution in [0.4, 0.5) is 4.39 Å². The molecule has 0 radical (unpaired) electrons. The van der Waals surface area contributed by atoms with Crippen LogP contribution in [0.2, 0.25) is 0 Å². The number of nitrogens with zero attached hydrogens (tertiary/aromatic N) is 4. The van der Waals surface area contributed by atoms with Gasteiger partial charge in [-0.25, -0.2) is 9.37 Å². The van der Waals surface area contributed by atoms with E-state index >= 15 is 0 Å². The van der Waals surface area contributed by atoms with E-state index in [1.165, 1.54) is 12.5 Å². The summed E-state index contributed by atoms with van der Waals surface area (Å²) in [6.45, 7) is 5.52. The van der Waals surface area contributed by atoms with E-state index in [1.54, 1.807) is 12.3 Å². The van der Waals surface area contributed by atoms with Gasteiger partial charge in [-0.3, -0.25) is 9.67 Å². The van der Waals surface area contributed by atoms with Gasteiger partial charge in [0.2, 0.25) is 0 Å². The normalized spacial score (nSPS) is 12.6. The van der Waals surface area contributed by atoms with Crippen LogP contribution in [0.1, 0.15) is 31.3 Å². The number of aryl methyl sites for hydroxylation is 1. The quantitative estimate of drug-likeness (QED) is 0.862. The first-order chi connectivity index (χ1) is 9.26. The maximum Gasteiger partial charge on any atom is 0.146 e. The molecule has 0 amide bonds. The van der Waals surface area contributed by atoms with Crippen molar-refractivity contribution < 1.29 is 4.39 Å². The fourth-order valence-corrected chi connectivity index (χ4v) is 2.10. The molecule has 2 aromatic rings. The Hall–Kier alpha value is -1.82. The van der Waals surface area contributed by atoms with Crippen LogP contribution < -0.4 is 5.32 Å². The van der Waals surface area contributed by atoms with E-state index in [0.717, 1.165) is 18.9 Å². The van der Waals surface area contributed by atoms with Crippen LogP contribution in [0.3, 0.4) is 0 Å². The van der Waals surface area contributed by atoms with Crippen molar-refractivity contribution in [3.63, 3.8) is 0 Å². The molecule has 1 atom stereocenters. The van der Waals surface area contributed by atoms with Gasteiger partial charge in [-0.15, -0.1) is 0 Å². The summed E-state index contributed by atoms with van der Waals surface area (Å²) >= 11 is 0. The second-order valence-electron chi connectivity index (χ2n) is 4.20. The number of hydrogen-bond donors (Lipinski definition) is 1. The molecule has 0 aliphatic heterocycles. The number of hydrogen-bond acceptors (Lipinski definition) is 4. The second kappa shape index (κ2) is 6.38. The van der Waals surface area contributed by atoms with Crippen molar-refractivity contribution >= 4 is 0 Å². The summed E-state index contributed by atoms with van der Waals surface area (Å²) < 4.78 is 15.7. The van der Waals surface area contributed by atoms with Gasteiger partial charge < -0.3 is 5.32 Å². The molecule has 1 unspecified atom stereocenters. The van der Waals surface area contributed by atoms with Crippen LogP contribution in [0.5, 0.6) is 0 Å². The molecule has 2 aromatic heterocycles. The highest BCUT2D eigenvalue weighted by Gasteiger charge is 2.18. The van der Waals surface area contributed by atoms with E-state index < -0.39 is 0 Å². The van der Waals surface area contributed by atoms with Crippen LogP contribution in [-0.4, -0.2) is 26.3 Å². The molecule has 1 N–H and O–H groups in total. The largest absolute Gasteiger partial charge is 0.310 e. The Morgan fingerprint density at radius 1 is 1.42 bits per heavy atom. The van der Waals surface area contributed by atoms with Crippen molar-refractivity contribution in [1.82, 2.24) is 25.1 Å². The number of nitrogens with one attached hydrogen (secondary N) is 1. The topological polar surface area (TPSA) is 55.6 Å². The molecule has 2 heterocycles. The fourth-order valence-electron chi connectivity index (χ4n) is 2.10. The zero-order valence-electron chi connectivity index (χ0n) is 11.2. The zero-order chi connectivity index (χ0) is 13.7. The van der Waals surface area contributed by atoms with Gasteiger partial charge >= 0.3 is 0 Å². The smallest absolute Gasteiger partial charge is 0.146 e. The van der Waals surface area contributed by atoms with Crippen molar-refractivity contribution in [2.75, 3.05) is 6.54 Å². The molecule has 19 heavy (non-hydrogen) atoms. The Morgan fingerprint density at radius 3 is 2.95 bits per heavy atom. The van der Waals surface area contributed by atoms with Crippen LogP contribution >= 0.6 is 0 Å². The van der Waals surface area contributed by atoms with Crippen LogP contribution in [-0.2, 0) is 13.0 Å². The van der Waals surface area contributed by atoms with Crippen LogP contribution in [0.15, 0.2) is 24.8 Å². The SMILES string of the molecule is CCNC(Cc1ncnn1CC)c1ccncc1F. The van der Waals surface area contributed by atoms with Gasteiger partial charge in [0.15, 0.2) is 0 Å².